The fourth-order valence-electron chi connectivity index (χ4n) is 2.30. The summed E-state index contributed by atoms with van der Waals surface area (Å²) in [5, 5.41) is 0. The van der Waals surface area contributed by atoms with Gasteiger partial charge in [0.15, 0.2) is 5.65 Å². The van der Waals surface area contributed by atoms with Gasteiger partial charge in [-0.25, -0.2) is 14.4 Å². The fourth-order valence-corrected chi connectivity index (χ4v) is 2.47. The Labute approximate surface area is 126 Å². The standard InChI is InChI=1S/C15H13ClFN3O/c1-21-13-9-10(17)4-5-12(13)20-14(6-7-16)19-11-3-2-8-18-15(11)20/h2-5,8-9H,6-7H2,1H3. The summed E-state index contributed by atoms with van der Waals surface area (Å²) in [7, 11) is 1.51. The minimum atomic E-state index is -0.355. The predicted octanol–water partition coefficient (Wildman–Crippen LogP) is 3.35. The van der Waals surface area contributed by atoms with Crippen molar-refractivity contribution in [2.45, 2.75) is 6.42 Å². The van der Waals surface area contributed by atoms with Crippen molar-refractivity contribution in [3.05, 3.63) is 48.2 Å². The third-order valence-corrected chi connectivity index (χ3v) is 3.38. The average Bonchev–Trinajstić information content (AvgIpc) is 2.85. The van der Waals surface area contributed by atoms with Crippen LogP contribution in [0.15, 0.2) is 36.5 Å². The van der Waals surface area contributed by atoms with Crippen LogP contribution >= 0.6 is 11.6 Å². The summed E-state index contributed by atoms with van der Waals surface area (Å²) in [5.41, 5.74) is 2.16. The summed E-state index contributed by atoms with van der Waals surface area (Å²) in [6.07, 6.45) is 2.28. The number of alkyl halides is 1. The highest BCUT2D eigenvalue weighted by atomic mass is 35.5. The quantitative estimate of drug-likeness (QED) is 0.694. The number of imidazole rings is 1. The number of halogens is 2. The molecule has 0 N–H and O–H groups in total. The van der Waals surface area contributed by atoms with Crippen LogP contribution in [0.5, 0.6) is 5.75 Å². The molecule has 0 amide bonds. The minimum absolute atomic E-state index is 0.355. The van der Waals surface area contributed by atoms with Crippen molar-refractivity contribution in [2.24, 2.45) is 0 Å². The third kappa shape index (κ3) is 2.45. The maximum absolute atomic E-state index is 13.4. The van der Waals surface area contributed by atoms with Crippen LogP contribution < -0.4 is 4.74 Å². The summed E-state index contributed by atoms with van der Waals surface area (Å²) in [4.78, 5) is 8.91. The molecule has 2 aromatic heterocycles. The highest BCUT2D eigenvalue weighted by Crippen LogP contribution is 2.28. The van der Waals surface area contributed by atoms with E-state index in [1.54, 1.807) is 12.3 Å². The van der Waals surface area contributed by atoms with E-state index in [-0.39, 0.29) is 5.82 Å². The molecule has 0 saturated heterocycles. The van der Waals surface area contributed by atoms with Crippen molar-refractivity contribution < 1.29 is 9.13 Å². The SMILES string of the molecule is COc1cc(F)ccc1-n1c(CCCl)nc2cccnc21. The number of pyridine rings is 1. The molecule has 0 aliphatic heterocycles. The molecular weight excluding hydrogens is 293 g/mol. The van der Waals surface area contributed by atoms with Gasteiger partial charge in [0.05, 0.1) is 12.8 Å². The lowest BCUT2D eigenvalue weighted by molar-refractivity contribution is 0.409. The topological polar surface area (TPSA) is 39.9 Å². The normalized spacial score (nSPS) is 11.0. The number of aromatic nitrogens is 3. The number of fused-ring (bicyclic) bond motifs is 1. The Morgan fingerprint density at radius 1 is 1.33 bits per heavy atom. The van der Waals surface area contributed by atoms with Crippen LogP contribution in [-0.2, 0) is 6.42 Å². The Hall–Kier alpha value is -2.14. The first-order chi connectivity index (χ1) is 10.2. The molecule has 0 radical (unpaired) electrons. The van der Waals surface area contributed by atoms with Crippen molar-refractivity contribution in [3.8, 4) is 11.4 Å². The summed E-state index contributed by atoms with van der Waals surface area (Å²) in [5.74, 6) is 1.28. The first-order valence-electron chi connectivity index (χ1n) is 6.47. The van der Waals surface area contributed by atoms with Crippen LogP contribution in [0, 0.1) is 5.82 Å². The Morgan fingerprint density at radius 3 is 2.95 bits per heavy atom. The van der Waals surface area contributed by atoms with Gasteiger partial charge in [-0.2, -0.15) is 0 Å². The Morgan fingerprint density at radius 2 is 2.19 bits per heavy atom. The lowest BCUT2D eigenvalue weighted by Crippen LogP contribution is -2.05. The lowest BCUT2D eigenvalue weighted by atomic mass is 10.2. The number of benzene rings is 1. The molecule has 0 aliphatic rings. The fraction of sp³-hybridized carbons (Fsp3) is 0.200. The molecule has 4 nitrogen and oxygen atoms in total. The second kappa shape index (κ2) is 5.69. The average molecular weight is 306 g/mol. The van der Waals surface area contributed by atoms with Gasteiger partial charge in [-0.3, -0.25) is 4.57 Å². The molecule has 21 heavy (non-hydrogen) atoms. The molecule has 108 valence electrons. The van der Waals surface area contributed by atoms with E-state index in [2.05, 4.69) is 9.97 Å². The van der Waals surface area contributed by atoms with E-state index in [4.69, 9.17) is 16.3 Å². The van der Waals surface area contributed by atoms with Gasteiger partial charge < -0.3 is 4.74 Å². The Balaban J connectivity index is 2.30. The second-order valence-corrected chi connectivity index (χ2v) is 4.84. The van der Waals surface area contributed by atoms with E-state index in [1.807, 2.05) is 16.7 Å². The molecule has 3 aromatic rings. The zero-order chi connectivity index (χ0) is 14.8. The van der Waals surface area contributed by atoms with Crippen molar-refractivity contribution in [2.75, 3.05) is 13.0 Å². The van der Waals surface area contributed by atoms with Gasteiger partial charge in [0.25, 0.3) is 0 Å². The summed E-state index contributed by atoms with van der Waals surface area (Å²) < 4.78 is 20.5. The number of aryl methyl sites for hydroxylation is 1. The largest absolute Gasteiger partial charge is 0.494 e. The van der Waals surface area contributed by atoms with E-state index in [9.17, 15) is 4.39 Å². The van der Waals surface area contributed by atoms with Crippen LogP contribution in [0.3, 0.4) is 0 Å². The van der Waals surface area contributed by atoms with Crippen LogP contribution in [0.2, 0.25) is 0 Å². The zero-order valence-corrected chi connectivity index (χ0v) is 12.1. The molecule has 1 aromatic carbocycles. The van der Waals surface area contributed by atoms with Crippen molar-refractivity contribution in [1.82, 2.24) is 14.5 Å². The highest BCUT2D eigenvalue weighted by molar-refractivity contribution is 6.17. The molecule has 0 aliphatic carbocycles. The van der Waals surface area contributed by atoms with E-state index >= 15 is 0 Å². The van der Waals surface area contributed by atoms with Crippen LogP contribution in [0.4, 0.5) is 4.39 Å². The first-order valence-corrected chi connectivity index (χ1v) is 7.00. The van der Waals surface area contributed by atoms with Crippen molar-refractivity contribution >= 4 is 22.8 Å². The zero-order valence-electron chi connectivity index (χ0n) is 11.4. The van der Waals surface area contributed by atoms with E-state index < -0.39 is 0 Å². The third-order valence-electron chi connectivity index (χ3n) is 3.19. The van der Waals surface area contributed by atoms with Crippen LogP contribution in [0.25, 0.3) is 16.9 Å². The second-order valence-electron chi connectivity index (χ2n) is 4.46. The highest BCUT2D eigenvalue weighted by Gasteiger charge is 2.16. The smallest absolute Gasteiger partial charge is 0.164 e. The summed E-state index contributed by atoms with van der Waals surface area (Å²) in [6, 6.07) is 8.09. The predicted molar refractivity (Wildman–Crippen MR) is 79.8 cm³/mol. The molecule has 0 atom stereocenters. The van der Waals surface area contributed by atoms with Gasteiger partial charge in [-0.1, -0.05) is 0 Å². The molecule has 0 fully saturated rings. The maximum Gasteiger partial charge on any atom is 0.164 e. The van der Waals surface area contributed by atoms with Gasteiger partial charge in [-0.05, 0) is 24.3 Å². The van der Waals surface area contributed by atoms with E-state index in [1.165, 1.54) is 19.2 Å². The van der Waals surface area contributed by atoms with Gasteiger partial charge in [0.2, 0.25) is 0 Å². The number of methoxy groups -OCH3 is 1. The molecular formula is C15H13ClFN3O. The Bertz CT molecular complexity index is 788. The minimum Gasteiger partial charge on any atom is -0.494 e. The number of ether oxygens (including phenoxy) is 1. The van der Waals surface area contributed by atoms with Gasteiger partial charge >= 0.3 is 0 Å². The summed E-state index contributed by atoms with van der Waals surface area (Å²) in [6.45, 7) is 0. The van der Waals surface area contributed by atoms with Gasteiger partial charge in [-0.15, -0.1) is 11.6 Å². The number of nitrogens with zero attached hydrogens (tertiary/aromatic N) is 3. The molecule has 6 heteroatoms. The number of hydrogen-bond donors (Lipinski definition) is 0. The summed E-state index contributed by atoms with van der Waals surface area (Å²) >= 11 is 5.86. The molecule has 3 rings (SSSR count). The van der Waals surface area contributed by atoms with Gasteiger partial charge in [0, 0.05) is 24.6 Å². The number of hydrogen-bond acceptors (Lipinski definition) is 3. The van der Waals surface area contributed by atoms with Crippen LogP contribution in [-0.4, -0.2) is 27.5 Å². The molecule has 0 unspecified atom stereocenters. The number of rotatable bonds is 4. The van der Waals surface area contributed by atoms with Crippen molar-refractivity contribution in [3.63, 3.8) is 0 Å². The molecule has 0 saturated carbocycles. The van der Waals surface area contributed by atoms with Crippen LogP contribution in [0.1, 0.15) is 5.82 Å². The molecule has 0 spiro atoms. The lowest BCUT2D eigenvalue weighted by Gasteiger charge is -2.12. The Kier molecular flexibility index (Phi) is 3.75. The maximum atomic E-state index is 13.4. The first kappa shape index (κ1) is 13.8. The van der Waals surface area contributed by atoms with E-state index in [0.717, 1.165) is 11.3 Å². The monoisotopic (exact) mass is 305 g/mol. The van der Waals surface area contributed by atoms with Crippen molar-refractivity contribution in [1.29, 1.82) is 0 Å². The molecule has 0 bridgehead atoms. The van der Waals surface area contributed by atoms with E-state index in [0.29, 0.717) is 29.4 Å². The van der Waals surface area contributed by atoms with Gasteiger partial charge in [0.1, 0.15) is 22.9 Å². The molecule has 2 heterocycles.